The highest BCUT2D eigenvalue weighted by atomic mass is 19.4. The first kappa shape index (κ1) is 16.9. The van der Waals surface area contributed by atoms with Gasteiger partial charge in [0.25, 0.3) is 0 Å². The van der Waals surface area contributed by atoms with Crippen molar-refractivity contribution in [2.45, 2.75) is 26.1 Å². The second-order valence-corrected chi connectivity index (χ2v) is 5.30. The molecule has 6 heteroatoms. The van der Waals surface area contributed by atoms with Crippen LogP contribution >= 0.6 is 0 Å². The molecule has 2 N–H and O–H groups in total. The molecular formula is C17H17F3N2O. The Morgan fingerprint density at radius 3 is 2.30 bits per heavy atom. The molecule has 23 heavy (non-hydrogen) atoms. The van der Waals surface area contributed by atoms with Crippen LogP contribution in [0, 0.1) is 6.92 Å². The van der Waals surface area contributed by atoms with E-state index in [-0.39, 0.29) is 5.69 Å². The summed E-state index contributed by atoms with van der Waals surface area (Å²) in [7, 11) is 0. The molecule has 0 radical (unpaired) electrons. The third-order valence-electron chi connectivity index (χ3n) is 3.29. The van der Waals surface area contributed by atoms with Gasteiger partial charge >= 0.3 is 6.18 Å². The molecular weight excluding hydrogens is 305 g/mol. The maximum atomic E-state index is 12.7. The Kier molecular flexibility index (Phi) is 4.93. The summed E-state index contributed by atoms with van der Waals surface area (Å²) in [5.74, 6) is -0.412. The molecule has 2 rings (SSSR count). The highest BCUT2D eigenvalue weighted by molar-refractivity contribution is 5.96. The van der Waals surface area contributed by atoms with Crippen LogP contribution in [0.1, 0.15) is 18.1 Å². The quantitative estimate of drug-likeness (QED) is 0.873. The summed E-state index contributed by atoms with van der Waals surface area (Å²) in [5, 5.41) is 5.48. The molecule has 1 amide bonds. The van der Waals surface area contributed by atoms with Gasteiger partial charge in [0.15, 0.2) is 0 Å². The molecule has 0 aliphatic carbocycles. The number of benzene rings is 2. The molecule has 0 bridgehead atoms. The van der Waals surface area contributed by atoms with Gasteiger partial charge in [-0.15, -0.1) is 0 Å². The van der Waals surface area contributed by atoms with Crippen LogP contribution in [0.5, 0.6) is 0 Å². The minimum absolute atomic E-state index is 0.113. The van der Waals surface area contributed by atoms with E-state index in [0.29, 0.717) is 0 Å². The Hall–Kier alpha value is -2.50. The van der Waals surface area contributed by atoms with Crippen molar-refractivity contribution in [2.24, 2.45) is 0 Å². The Balaban J connectivity index is 2.02. The summed E-state index contributed by atoms with van der Waals surface area (Å²) in [6.45, 7) is 3.59. The number of carbonyl (C=O) groups excluding carboxylic acids is 1. The van der Waals surface area contributed by atoms with Crippen molar-refractivity contribution in [2.75, 3.05) is 10.6 Å². The first-order chi connectivity index (χ1) is 10.8. The van der Waals surface area contributed by atoms with Crippen LogP contribution < -0.4 is 10.6 Å². The van der Waals surface area contributed by atoms with Gasteiger partial charge in [-0.1, -0.05) is 23.8 Å². The number of hydrogen-bond donors (Lipinski definition) is 2. The van der Waals surface area contributed by atoms with Gasteiger partial charge in [0.1, 0.15) is 6.04 Å². The number of aryl methyl sites for hydroxylation is 1. The summed E-state index contributed by atoms with van der Waals surface area (Å²) in [6.07, 6.45) is -4.44. The van der Waals surface area contributed by atoms with Gasteiger partial charge in [0.2, 0.25) is 5.91 Å². The third-order valence-corrected chi connectivity index (χ3v) is 3.29. The third kappa shape index (κ3) is 4.74. The van der Waals surface area contributed by atoms with Crippen LogP contribution in [0.15, 0.2) is 48.5 Å². The number of rotatable bonds is 4. The average molecular weight is 322 g/mol. The van der Waals surface area contributed by atoms with Gasteiger partial charge < -0.3 is 10.6 Å². The smallest absolute Gasteiger partial charge is 0.374 e. The minimum atomic E-state index is -4.44. The van der Waals surface area contributed by atoms with E-state index in [0.717, 1.165) is 23.4 Å². The van der Waals surface area contributed by atoms with E-state index in [4.69, 9.17) is 0 Å². The molecule has 2 aromatic rings. The predicted molar refractivity (Wildman–Crippen MR) is 84.3 cm³/mol. The van der Waals surface area contributed by atoms with Gasteiger partial charge in [-0.3, -0.25) is 4.79 Å². The minimum Gasteiger partial charge on any atom is -0.374 e. The molecule has 0 aliphatic rings. The van der Waals surface area contributed by atoms with E-state index in [9.17, 15) is 18.0 Å². The van der Waals surface area contributed by atoms with Gasteiger partial charge in [0.05, 0.1) is 5.56 Å². The normalized spacial score (nSPS) is 12.6. The molecule has 0 aliphatic heterocycles. The standard InChI is InChI=1S/C17H17F3N2O/c1-11-6-8-14(9-7-11)21-12(2)16(23)22-15-5-3-4-13(10-15)17(18,19)20/h3-10,12,21H,1-2H3,(H,22,23)/t12-/m0/s1. The molecule has 0 saturated heterocycles. The number of carbonyl (C=O) groups is 1. The summed E-state index contributed by atoms with van der Waals surface area (Å²) < 4.78 is 38.0. The van der Waals surface area contributed by atoms with Crippen molar-refractivity contribution in [3.05, 3.63) is 59.7 Å². The molecule has 2 aromatic carbocycles. The summed E-state index contributed by atoms with van der Waals surface area (Å²) in [5.41, 5.74) is 1.18. The maximum Gasteiger partial charge on any atom is 0.416 e. The molecule has 3 nitrogen and oxygen atoms in total. The second-order valence-electron chi connectivity index (χ2n) is 5.30. The SMILES string of the molecule is Cc1ccc(N[C@@H](C)C(=O)Nc2cccc(C(F)(F)F)c2)cc1. The van der Waals surface area contributed by atoms with Crippen molar-refractivity contribution in [1.29, 1.82) is 0 Å². The van der Waals surface area contributed by atoms with E-state index in [1.54, 1.807) is 6.92 Å². The summed E-state index contributed by atoms with van der Waals surface area (Å²) in [6, 6.07) is 11.4. The lowest BCUT2D eigenvalue weighted by atomic mass is 10.2. The average Bonchev–Trinajstić information content (AvgIpc) is 2.49. The van der Waals surface area contributed by atoms with Crippen LogP contribution in [-0.4, -0.2) is 11.9 Å². The number of nitrogens with one attached hydrogen (secondary N) is 2. The number of amides is 1. The van der Waals surface area contributed by atoms with E-state index < -0.39 is 23.7 Å². The second kappa shape index (κ2) is 6.73. The Morgan fingerprint density at radius 2 is 1.70 bits per heavy atom. The van der Waals surface area contributed by atoms with Crippen molar-refractivity contribution in [1.82, 2.24) is 0 Å². The molecule has 0 spiro atoms. The molecule has 0 aromatic heterocycles. The first-order valence-corrected chi connectivity index (χ1v) is 7.07. The zero-order valence-electron chi connectivity index (χ0n) is 12.7. The van der Waals surface area contributed by atoms with E-state index in [1.807, 2.05) is 31.2 Å². The predicted octanol–water partition coefficient (Wildman–Crippen LogP) is 4.45. The molecule has 1 atom stereocenters. The zero-order valence-corrected chi connectivity index (χ0v) is 12.7. The molecule has 0 saturated carbocycles. The fourth-order valence-corrected chi connectivity index (χ4v) is 1.99. The van der Waals surface area contributed by atoms with E-state index in [1.165, 1.54) is 12.1 Å². The molecule has 122 valence electrons. The van der Waals surface area contributed by atoms with Crippen LogP contribution in [0.25, 0.3) is 0 Å². The summed E-state index contributed by atoms with van der Waals surface area (Å²) >= 11 is 0. The molecule has 0 fully saturated rings. The van der Waals surface area contributed by atoms with Gasteiger partial charge in [-0.05, 0) is 44.2 Å². The fraction of sp³-hybridized carbons (Fsp3) is 0.235. The van der Waals surface area contributed by atoms with E-state index >= 15 is 0 Å². The number of alkyl halides is 3. The molecule has 0 unspecified atom stereocenters. The van der Waals surface area contributed by atoms with Crippen LogP contribution in [0.2, 0.25) is 0 Å². The Labute approximate surface area is 132 Å². The van der Waals surface area contributed by atoms with E-state index in [2.05, 4.69) is 10.6 Å². The van der Waals surface area contributed by atoms with Crippen molar-refractivity contribution in [3.63, 3.8) is 0 Å². The van der Waals surface area contributed by atoms with Crippen molar-refractivity contribution < 1.29 is 18.0 Å². The zero-order chi connectivity index (χ0) is 17.0. The monoisotopic (exact) mass is 322 g/mol. The van der Waals surface area contributed by atoms with Crippen LogP contribution in [0.3, 0.4) is 0 Å². The topological polar surface area (TPSA) is 41.1 Å². The lowest BCUT2D eigenvalue weighted by Crippen LogP contribution is -2.31. The number of anilines is 2. The van der Waals surface area contributed by atoms with Crippen molar-refractivity contribution >= 4 is 17.3 Å². The fourth-order valence-electron chi connectivity index (χ4n) is 1.99. The lowest BCUT2D eigenvalue weighted by Gasteiger charge is -2.16. The maximum absolute atomic E-state index is 12.7. The Morgan fingerprint density at radius 1 is 1.04 bits per heavy atom. The number of hydrogen-bond acceptors (Lipinski definition) is 2. The highest BCUT2D eigenvalue weighted by Crippen LogP contribution is 2.30. The van der Waals surface area contributed by atoms with Gasteiger partial charge in [-0.25, -0.2) is 0 Å². The first-order valence-electron chi connectivity index (χ1n) is 7.07. The molecule has 0 heterocycles. The van der Waals surface area contributed by atoms with Crippen LogP contribution in [0.4, 0.5) is 24.5 Å². The Bertz CT molecular complexity index is 681. The lowest BCUT2D eigenvalue weighted by molar-refractivity contribution is -0.137. The number of halogens is 3. The highest BCUT2D eigenvalue weighted by Gasteiger charge is 2.30. The van der Waals surface area contributed by atoms with Crippen LogP contribution in [-0.2, 0) is 11.0 Å². The van der Waals surface area contributed by atoms with Gasteiger partial charge in [0, 0.05) is 11.4 Å². The van der Waals surface area contributed by atoms with Gasteiger partial charge in [-0.2, -0.15) is 13.2 Å². The summed E-state index contributed by atoms with van der Waals surface area (Å²) in [4.78, 5) is 12.1. The largest absolute Gasteiger partial charge is 0.416 e. The van der Waals surface area contributed by atoms with Crippen molar-refractivity contribution in [3.8, 4) is 0 Å².